The van der Waals surface area contributed by atoms with Crippen molar-refractivity contribution in [1.82, 2.24) is 4.98 Å². The normalized spacial score (nSPS) is 22.8. The monoisotopic (exact) mass is 250 g/mol. The summed E-state index contributed by atoms with van der Waals surface area (Å²) in [7, 11) is 1.70. The number of nitrogens with zero attached hydrogens (tertiary/aromatic N) is 2. The van der Waals surface area contributed by atoms with Crippen LogP contribution in [0.1, 0.15) is 26.2 Å². The van der Waals surface area contributed by atoms with E-state index in [2.05, 4.69) is 22.5 Å². The van der Waals surface area contributed by atoms with Gasteiger partial charge in [0.2, 0.25) is 0 Å². The largest absolute Gasteiger partial charge is 0.373 e. The van der Waals surface area contributed by atoms with Gasteiger partial charge >= 0.3 is 0 Å². The number of hydrogen-bond donors (Lipinski definition) is 2. The Labute approximate surface area is 106 Å². The zero-order chi connectivity index (χ0) is 13.1. The molecule has 1 aliphatic carbocycles. The lowest BCUT2D eigenvalue weighted by atomic mass is 10.1. The van der Waals surface area contributed by atoms with Gasteiger partial charge in [0.15, 0.2) is 0 Å². The van der Waals surface area contributed by atoms with Crippen LogP contribution in [0.4, 0.5) is 17.3 Å². The summed E-state index contributed by atoms with van der Waals surface area (Å²) in [5.74, 6) is 1.80. The van der Waals surface area contributed by atoms with Crippen LogP contribution in [0.25, 0.3) is 0 Å². The first-order valence-corrected chi connectivity index (χ1v) is 6.19. The molecule has 2 rings (SSSR count). The van der Waals surface area contributed by atoms with Crippen molar-refractivity contribution in [2.24, 2.45) is 5.92 Å². The Kier molecular flexibility index (Phi) is 3.64. The summed E-state index contributed by atoms with van der Waals surface area (Å²) in [6, 6.07) is 3.30. The van der Waals surface area contributed by atoms with E-state index in [1.54, 1.807) is 7.05 Å². The lowest BCUT2D eigenvalue weighted by Gasteiger charge is -2.13. The molecule has 1 aliphatic rings. The third kappa shape index (κ3) is 2.88. The zero-order valence-corrected chi connectivity index (χ0v) is 10.6. The van der Waals surface area contributed by atoms with E-state index < -0.39 is 4.92 Å². The van der Waals surface area contributed by atoms with Gasteiger partial charge in [-0.25, -0.2) is 4.98 Å². The Hall–Kier alpha value is -1.85. The number of aromatic nitrogens is 1. The summed E-state index contributed by atoms with van der Waals surface area (Å²) in [5, 5.41) is 17.0. The Balaban J connectivity index is 2.16. The second-order valence-corrected chi connectivity index (χ2v) is 4.86. The van der Waals surface area contributed by atoms with Gasteiger partial charge in [0.05, 0.1) is 17.1 Å². The maximum atomic E-state index is 10.8. The number of nitro groups is 1. The first kappa shape index (κ1) is 12.6. The van der Waals surface area contributed by atoms with Crippen molar-refractivity contribution in [2.75, 3.05) is 17.7 Å². The van der Waals surface area contributed by atoms with Crippen molar-refractivity contribution >= 4 is 17.3 Å². The van der Waals surface area contributed by atoms with Gasteiger partial charge < -0.3 is 10.6 Å². The molecule has 0 saturated heterocycles. The van der Waals surface area contributed by atoms with Crippen LogP contribution in [-0.2, 0) is 0 Å². The first-order valence-electron chi connectivity index (χ1n) is 6.19. The minimum atomic E-state index is -0.398. The standard InChI is InChI=1S/C12H18N4O2/c1-8-3-4-9(5-8)14-12-7-10(16(17)18)6-11(13-2)15-12/h6-9H,3-5H2,1-2H3,(H2,13,14,15). The van der Waals surface area contributed by atoms with E-state index >= 15 is 0 Å². The van der Waals surface area contributed by atoms with Crippen LogP contribution >= 0.6 is 0 Å². The van der Waals surface area contributed by atoms with Gasteiger partial charge in [-0.05, 0) is 25.2 Å². The maximum Gasteiger partial charge on any atom is 0.276 e. The Bertz CT molecular complexity index is 450. The number of hydrogen-bond acceptors (Lipinski definition) is 5. The summed E-state index contributed by atoms with van der Waals surface area (Å²) < 4.78 is 0. The van der Waals surface area contributed by atoms with Gasteiger partial charge in [-0.1, -0.05) is 6.92 Å². The van der Waals surface area contributed by atoms with E-state index in [0.717, 1.165) is 12.8 Å². The van der Waals surface area contributed by atoms with Gasteiger partial charge in [-0.15, -0.1) is 0 Å². The minimum absolute atomic E-state index is 0.0582. The Morgan fingerprint density at radius 3 is 2.67 bits per heavy atom. The summed E-state index contributed by atoms with van der Waals surface area (Å²) in [6.07, 6.45) is 3.39. The number of anilines is 2. The fourth-order valence-corrected chi connectivity index (χ4v) is 2.37. The summed E-state index contributed by atoms with van der Waals surface area (Å²) in [4.78, 5) is 14.7. The summed E-state index contributed by atoms with van der Waals surface area (Å²) >= 11 is 0. The molecule has 0 bridgehead atoms. The highest BCUT2D eigenvalue weighted by Gasteiger charge is 2.22. The van der Waals surface area contributed by atoms with Crippen molar-refractivity contribution < 1.29 is 4.92 Å². The average Bonchev–Trinajstić information content (AvgIpc) is 2.74. The smallest absolute Gasteiger partial charge is 0.276 e. The first-order chi connectivity index (χ1) is 8.58. The van der Waals surface area contributed by atoms with Crippen molar-refractivity contribution in [3.63, 3.8) is 0 Å². The molecule has 1 heterocycles. The van der Waals surface area contributed by atoms with Gasteiger partial charge in [0.1, 0.15) is 11.6 Å². The van der Waals surface area contributed by atoms with E-state index in [-0.39, 0.29) is 5.69 Å². The lowest BCUT2D eigenvalue weighted by Crippen LogP contribution is -2.16. The Morgan fingerprint density at radius 2 is 2.11 bits per heavy atom. The predicted molar refractivity (Wildman–Crippen MR) is 70.9 cm³/mol. The van der Waals surface area contributed by atoms with Crippen LogP contribution in [0.3, 0.4) is 0 Å². The highest BCUT2D eigenvalue weighted by Crippen LogP contribution is 2.28. The number of nitrogens with one attached hydrogen (secondary N) is 2. The van der Waals surface area contributed by atoms with Crippen LogP contribution in [0.5, 0.6) is 0 Å². The molecular formula is C12H18N4O2. The van der Waals surface area contributed by atoms with Gasteiger partial charge in [-0.2, -0.15) is 0 Å². The number of rotatable bonds is 4. The summed E-state index contributed by atoms with van der Waals surface area (Å²) in [6.45, 7) is 2.22. The molecule has 1 aromatic heterocycles. The summed E-state index contributed by atoms with van der Waals surface area (Å²) in [5.41, 5.74) is 0.0582. The van der Waals surface area contributed by atoms with Crippen LogP contribution < -0.4 is 10.6 Å². The van der Waals surface area contributed by atoms with E-state index in [1.165, 1.54) is 18.6 Å². The van der Waals surface area contributed by atoms with E-state index in [1.807, 2.05) is 0 Å². The molecule has 98 valence electrons. The molecule has 0 spiro atoms. The minimum Gasteiger partial charge on any atom is -0.373 e. The molecule has 1 fully saturated rings. The second-order valence-electron chi connectivity index (χ2n) is 4.86. The lowest BCUT2D eigenvalue weighted by molar-refractivity contribution is -0.384. The predicted octanol–water partition coefficient (Wildman–Crippen LogP) is 2.63. The quantitative estimate of drug-likeness (QED) is 0.634. The van der Waals surface area contributed by atoms with Crippen LogP contribution in [-0.4, -0.2) is 23.0 Å². The van der Waals surface area contributed by atoms with Crippen LogP contribution in [0, 0.1) is 16.0 Å². The molecule has 2 atom stereocenters. The molecule has 2 N–H and O–H groups in total. The molecule has 2 unspecified atom stereocenters. The van der Waals surface area contributed by atoms with E-state index in [0.29, 0.717) is 23.6 Å². The average molecular weight is 250 g/mol. The van der Waals surface area contributed by atoms with Crippen LogP contribution in [0.2, 0.25) is 0 Å². The molecule has 0 amide bonds. The SMILES string of the molecule is CNc1cc([N+](=O)[O-])cc(NC2CCC(C)C2)n1. The molecule has 0 aromatic carbocycles. The zero-order valence-electron chi connectivity index (χ0n) is 10.6. The van der Waals surface area contributed by atoms with Crippen LogP contribution in [0.15, 0.2) is 12.1 Å². The number of pyridine rings is 1. The topological polar surface area (TPSA) is 80.1 Å². The third-order valence-corrected chi connectivity index (χ3v) is 3.32. The van der Waals surface area contributed by atoms with E-state index in [4.69, 9.17) is 0 Å². The fraction of sp³-hybridized carbons (Fsp3) is 0.583. The third-order valence-electron chi connectivity index (χ3n) is 3.32. The van der Waals surface area contributed by atoms with Crippen molar-refractivity contribution in [2.45, 2.75) is 32.2 Å². The van der Waals surface area contributed by atoms with E-state index in [9.17, 15) is 10.1 Å². The van der Waals surface area contributed by atoms with Gasteiger partial charge in [0.25, 0.3) is 5.69 Å². The van der Waals surface area contributed by atoms with Crippen molar-refractivity contribution in [3.05, 3.63) is 22.2 Å². The highest BCUT2D eigenvalue weighted by atomic mass is 16.6. The molecule has 1 saturated carbocycles. The van der Waals surface area contributed by atoms with Crippen molar-refractivity contribution in [3.8, 4) is 0 Å². The fourth-order valence-electron chi connectivity index (χ4n) is 2.37. The molecule has 6 heteroatoms. The molecule has 0 aliphatic heterocycles. The van der Waals surface area contributed by atoms with Gasteiger partial charge in [-0.3, -0.25) is 10.1 Å². The van der Waals surface area contributed by atoms with Crippen molar-refractivity contribution in [1.29, 1.82) is 0 Å². The molecule has 18 heavy (non-hydrogen) atoms. The maximum absolute atomic E-state index is 10.8. The molecule has 0 radical (unpaired) electrons. The Morgan fingerprint density at radius 1 is 1.39 bits per heavy atom. The highest BCUT2D eigenvalue weighted by molar-refractivity contribution is 5.54. The molecule has 6 nitrogen and oxygen atoms in total. The molecular weight excluding hydrogens is 232 g/mol. The second kappa shape index (κ2) is 5.20. The van der Waals surface area contributed by atoms with Gasteiger partial charge in [0, 0.05) is 13.1 Å². The molecule has 1 aromatic rings.